The Kier molecular flexibility index (Phi) is 6.38. The fraction of sp³-hybridized carbons (Fsp3) is 0.588. The van der Waals surface area contributed by atoms with Gasteiger partial charge >= 0.3 is 0 Å². The molecule has 0 aromatic heterocycles. The molecule has 0 unspecified atom stereocenters. The molecule has 1 aromatic carbocycles. The van der Waals surface area contributed by atoms with Gasteiger partial charge in [-0.05, 0) is 55.9 Å². The van der Waals surface area contributed by atoms with Crippen LogP contribution in [0.2, 0.25) is 0 Å². The van der Waals surface area contributed by atoms with Crippen LogP contribution in [0.5, 0.6) is 5.75 Å². The summed E-state index contributed by atoms with van der Waals surface area (Å²) in [5, 5.41) is 22.4. The van der Waals surface area contributed by atoms with E-state index in [1.165, 1.54) is 0 Å². The molecule has 6 heteroatoms. The van der Waals surface area contributed by atoms with Crippen LogP contribution in [-0.4, -0.2) is 48.8 Å². The molecule has 0 atom stereocenters. The van der Waals surface area contributed by atoms with Crippen molar-refractivity contribution in [3.63, 3.8) is 0 Å². The van der Waals surface area contributed by atoms with Crippen molar-refractivity contribution in [1.29, 1.82) is 0 Å². The van der Waals surface area contributed by atoms with E-state index in [0.717, 1.165) is 12.8 Å². The van der Waals surface area contributed by atoms with Crippen LogP contribution in [0.3, 0.4) is 0 Å². The topological polar surface area (TPSA) is 88.0 Å². The minimum absolute atomic E-state index is 0.160. The summed E-state index contributed by atoms with van der Waals surface area (Å²) in [5.74, 6) is 0.677. The van der Waals surface area contributed by atoms with Crippen LogP contribution >= 0.6 is 0 Å². The number of hydrogen-bond donors (Lipinski definition) is 3. The Morgan fingerprint density at radius 2 is 1.96 bits per heavy atom. The molecule has 1 fully saturated rings. The third-order valence-corrected chi connectivity index (χ3v) is 4.33. The van der Waals surface area contributed by atoms with Crippen molar-refractivity contribution in [3.05, 3.63) is 29.8 Å². The van der Waals surface area contributed by atoms with E-state index in [2.05, 4.69) is 5.32 Å². The summed E-state index contributed by atoms with van der Waals surface area (Å²) in [6.07, 6.45) is 2.77. The molecule has 1 aliphatic rings. The van der Waals surface area contributed by atoms with E-state index in [-0.39, 0.29) is 31.8 Å². The van der Waals surface area contributed by atoms with E-state index < -0.39 is 5.60 Å². The van der Waals surface area contributed by atoms with Crippen molar-refractivity contribution >= 4 is 5.91 Å². The Bertz CT molecular complexity index is 494. The summed E-state index contributed by atoms with van der Waals surface area (Å²) in [7, 11) is 1.54. The average Bonchev–Trinajstić information content (AvgIpc) is 2.59. The van der Waals surface area contributed by atoms with Gasteiger partial charge < -0.3 is 25.0 Å². The lowest BCUT2D eigenvalue weighted by Gasteiger charge is -2.35. The van der Waals surface area contributed by atoms with E-state index in [1.54, 1.807) is 31.4 Å². The first-order valence-electron chi connectivity index (χ1n) is 7.89. The molecule has 0 spiro atoms. The van der Waals surface area contributed by atoms with Crippen LogP contribution in [0.1, 0.15) is 36.0 Å². The van der Waals surface area contributed by atoms with E-state index in [4.69, 9.17) is 14.6 Å². The van der Waals surface area contributed by atoms with Gasteiger partial charge in [0.1, 0.15) is 5.75 Å². The molecule has 0 heterocycles. The predicted molar refractivity (Wildman–Crippen MR) is 85.3 cm³/mol. The van der Waals surface area contributed by atoms with Gasteiger partial charge in [0.25, 0.3) is 5.91 Å². The first kappa shape index (κ1) is 17.7. The van der Waals surface area contributed by atoms with Crippen LogP contribution in [0.25, 0.3) is 0 Å². The molecule has 0 aliphatic heterocycles. The Morgan fingerprint density at radius 3 is 2.52 bits per heavy atom. The summed E-state index contributed by atoms with van der Waals surface area (Å²) in [4.78, 5) is 12.1. The van der Waals surface area contributed by atoms with Gasteiger partial charge in [-0.3, -0.25) is 4.79 Å². The minimum Gasteiger partial charge on any atom is -0.468 e. The molecule has 6 nitrogen and oxygen atoms in total. The molecule has 23 heavy (non-hydrogen) atoms. The van der Waals surface area contributed by atoms with Crippen LogP contribution in [-0.2, 0) is 4.74 Å². The Hall–Kier alpha value is -1.63. The number of methoxy groups -OCH3 is 1. The number of hydrogen-bond acceptors (Lipinski definition) is 5. The molecule has 3 N–H and O–H groups in total. The van der Waals surface area contributed by atoms with Gasteiger partial charge in [0.05, 0.1) is 5.60 Å². The number of nitrogens with one attached hydrogen (secondary N) is 1. The van der Waals surface area contributed by atoms with E-state index in [1.807, 2.05) is 0 Å². The van der Waals surface area contributed by atoms with Crippen molar-refractivity contribution < 1.29 is 24.5 Å². The highest BCUT2D eigenvalue weighted by Crippen LogP contribution is 2.31. The molecular weight excluding hydrogens is 298 g/mol. The van der Waals surface area contributed by atoms with Gasteiger partial charge in [-0.2, -0.15) is 0 Å². The van der Waals surface area contributed by atoms with Gasteiger partial charge in [-0.1, -0.05) is 0 Å². The van der Waals surface area contributed by atoms with Gasteiger partial charge in [0.2, 0.25) is 0 Å². The number of carbonyl (C=O) groups is 1. The summed E-state index contributed by atoms with van der Waals surface area (Å²) in [5.41, 5.74) is -0.356. The quantitative estimate of drug-likeness (QED) is 0.659. The second-order valence-corrected chi connectivity index (χ2v) is 6.11. The molecular formula is C17H25NO5. The fourth-order valence-electron chi connectivity index (χ4n) is 2.75. The number of carbonyl (C=O) groups excluding carboxylic acids is 1. The lowest BCUT2D eigenvalue weighted by molar-refractivity contribution is -0.0144. The summed E-state index contributed by atoms with van der Waals surface area (Å²) < 4.78 is 10.1. The maximum absolute atomic E-state index is 12.1. The number of aliphatic hydroxyl groups excluding tert-OH is 1. The third kappa shape index (κ3) is 5.20. The highest BCUT2D eigenvalue weighted by Gasteiger charge is 2.33. The van der Waals surface area contributed by atoms with Crippen molar-refractivity contribution in [1.82, 2.24) is 5.32 Å². The van der Waals surface area contributed by atoms with Crippen LogP contribution < -0.4 is 10.1 Å². The summed E-state index contributed by atoms with van der Waals surface area (Å²) in [6, 6.07) is 6.75. The zero-order valence-electron chi connectivity index (χ0n) is 13.5. The van der Waals surface area contributed by atoms with Crippen molar-refractivity contribution in [2.75, 3.05) is 27.1 Å². The largest absolute Gasteiger partial charge is 0.468 e. The molecule has 1 aliphatic carbocycles. The van der Waals surface area contributed by atoms with Crippen molar-refractivity contribution in [2.24, 2.45) is 5.92 Å². The first-order valence-corrected chi connectivity index (χ1v) is 7.89. The Labute approximate surface area is 136 Å². The smallest absolute Gasteiger partial charge is 0.251 e. The molecule has 1 saturated carbocycles. The minimum atomic E-state index is -0.872. The number of benzene rings is 1. The Balaban J connectivity index is 1.82. The number of rotatable bonds is 7. The summed E-state index contributed by atoms with van der Waals surface area (Å²) in [6.45, 7) is 0.555. The Morgan fingerprint density at radius 1 is 1.30 bits per heavy atom. The maximum atomic E-state index is 12.1. The van der Waals surface area contributed by atoms with Gasteiger partial charge in [-0.15, -0.1) is 0 Å². The zero-order valence-corrected chi connectivity index (χ0v) is 13.5. The average molecular weight is 323 g/mol. The molecule has 2 rings (SSSR count). The lowest BCUT2D eigenvalue weighted by atomic mass is 9.79. The van der Waals surface area contributed by atoms with Crippen molar-refractivity contribution in [3.8, 4) is 5.75 Å². The number of amides is 1. The van der Waals surface area contributed by atoms with E-state index >= 15 is 0 Å². The standard InChI is InChI=1S/C17H25NO5/c1-22-12-23-15-4-2-14(3-5-15)16(20)18-11-17(21)8-6-13(10-19)7-9-17/h2-5,13,19,21H,6-12H2,1H3,(H,18,20)/t13-,17-. The fourth-order valence-corrected chi connectivity index (χ4v) is 2.75. The molecule has 1 aromatic rings. The number of ether oxygens (including phenoxy) is 2. The molecule has 0 radical (unpaired) electrons. The van der Waals surface area contributed by atoms with Gasteiger partial charge in [-0.25, -0.2) is 0 Å². The van der Waals surface area contributed by atoms with Crippen molar-refractivity contribution in [2.45, 2.75) is 31.3 Å². The second kappa shape index (κ2) is 8.29. The van der Waals surface area contributed by atoms with E-state index in [0.29, 0.717) is 24.2 Å². The molecule has 128 valence electrons. The summed E-state index contributed by atoms with van der Waals surface area (Å²) >= 11 is 0. The maximum Gasteiger partial charge on any atom is 0.251 e. The molecule has 0 bridgehead atoms. The van der Waals surface area contributed by atoms with Crippen LogP contribution in [0, 0.1) is 5.92 Å². The highest BCUT2D eigenvalue weighted by molar-refractivity contribution is 5.94. The SMILES string of the molecule is COCOc1ccc(C(=O)NC[C@]2(O)CC[C@H](CO)CC2)cc1. The number of aliphatic hydroxyl groups is 2. The normalized spacial score (nSPS) is 24.2. The molecule has 1 amide bonds. The van der Waals surface area contributed by atoms with Gasteiger partial charge in [0.15, 0.2) is 6.79 Å². The third-order valence-electron chi connectivity index (χ3n) is 4.33. The first-order chi connectivity index (χ1) is 11.1. The zero-order chi connectivity index (χ0) is 16.7. The van der Waals surface area contributed by atoms with Crippen LogP contribution in [0.15, 0.2) is 24.3 Å². The lowest BCUT2D eigenvalue weighted by Crippen LogP contribution is -2.45. The monoisotopic (exact) mass is 323 g/mol. The van der Waals surface area contributed by atoms with E-state index in [9.17, 15) is 9.90 Å². The van der Waals surface area contributed by atoms with Gasteiger partial charge in [0, 0.05) is 25.8 Å². The molecule has 0 saturated heterocycles. The predicted octanol–water partition coefficient (Wildman–Crippen LogP) is 1.31. The second-order valence-electron chi connectivity index (χ2n) is 6.11. The van der Waals surface area contributed by atoms with Crippen LogP contribution in [0.4, 0.5) is 0 Å². The highest BCUT2D eigenvalue weighted by atomic mass is 16.7.